The van der Waals surface area contributed by atoms with E-state index in [1.165, 1.54) is 0 Å². The number of benzene rings is 1. The van der Waals surface area contributed by atoms with Gasteiger partial charge in [-0.05, 0) is 56.2 Å². The van der Waals surface area contributed by atoms with Gasteiger partial charge in [-0.25, -0.2) is 8.42 Å². The van der Waals surface area contributed by atoms with Crippen molar-refractivity contribution >= 4 is 15.7 Å². The summed E-state index contributed by atoms with van der Waals surface area (Å²) >= 11 is 0. The Hall–Kier alpha value is -1.07. The summed E-state index contributed by atoms with van der Waals surface area (Å²) in [7, 11) is -3.44. The number of nitrogens with two attached hydrogens (primary N) is 1. The van der Waals surface area contributed by atoms with Crippen LogP contribution in [0.3, 0.4) is 0 Å². The number of nitrogens with zero attached hydrogens (tertiary/aromatic N) is 1. The molecular weight excluding hydrogens is 272 g/mol. The van der Waals surface area contributed by atoms with E-state index in [0.717, 1.165) is 24.8 Å². The van der Waals surface area contributed by atoms with E-state index in [2.05, 4.69) is 6.92 Å². The van der Waals surface area contributed by atoms with Crippen molar-refractivity contribution in [1.29, 1.82) is 0 Å². The van der Waals surface area contributed by atoms with Crippen molar-refractivity contribution in [3.8, 4) is 0 Å². The van der Waals surface area contributed by atoms with Crippen molar-refractivity contribution in [2.45, 2.75) is 44.9 Å². The van der Waals surface area contributed by atoms with Gasteiger partial charge in [0.25, 0.3) is 0 Å². The van der Waals surface area contributed by atoms with Gasteiger partial charge in [-0.15, -0.1) is 0 Å². The van der Waals surface area contributed by atoms with Gasteiger partial charge in [0.05, 0.1) is 4.90 Å². The molecule has 0 spiro atoms. The average molecular weight is 296 g/mol. The summed E-state index contributed by atoms with van der Waals surface area (Å²) < 4.78 is 27.5. The highest BCUT2D eigenvalue weighted by atomic mass is 32.2. The van der Waals surface area contributed by atoms with Crippen LogP contribution in [0.25, 0.3) is 0 Å². The van der Waals surface area contributed by atoms with Gasteiger partial charge in [-0.3, -0.25) is 0 Å². The molecule has 4 nitrogen and oxygen atoms in total. The molecule has 0 aliphatic carbocycles. The van der Waals surface area contributed by atoms with Crippen molar-refractivity contribution in [2.75, 3.05) is 18.8 Å². The lowest BCUT2D eigenvalue weighted by Gasteiger charge is -2.23. The zero-order valence-electron chi connectivity index (χ0n) is 12.5. The fraction of sp³-hybridized carbons (Fsp3) is 0.600. The van der Waals surface area contributed by atoms with Crippen LogP contribution in [0.5, 0.6) is 0 Å². The van der Waals surface area contributed by atoms with E-state index in [4.69, 9.17) is 5.73 Å². The van der Waals surface area contributed by atoms with Crippen LogP contribution in [0.4, 0.5) is 5.69 Å². The molecule has 5 heteroatoms. The fourth-order valence-electron chi connectivity index (χ4n) is 2.85. The van der Waals surface area contributed by atoms with E-state index in [1.807, 2.05) is 6.92 Å². The van der Waals surface area contributed by atoms with Gasteiger partial charge in [0.2, 0.25) is 10.0 Å². The maximum Gasteiger partial charge on any atom is 0.243 e. The number of aryl methyl sites for hydroxylation is 1. The van der Waals surface area contributed by atoms with E-state index < -0.39 is 10.0 Å². The van der Waals surface area contributed by atoms with Crippen LogP contribution in [0.15, 0.2) is 17.0 Å². The van der Waals surface area contributed by atoms with E-state index in [1.54, 1.807) is 23.4 Å². The highest BCUT2D eigenvalue weighted by Crippen LogP contribution is 2.29. The summed E-state index contributed by atoms with van der Waals surface area (Å²) in [5.41, 5.74) is 7.87. The van der Waals surface area contributed by atoms with Crippen molar-refractivity contribution in [3.05, 3.63) is 23.3 Å². The maximum absolute atomic E-state index is 12.9. The second-order valence-electron chi connectivity index (χ2n) is 5.87. The predicted octanol–water partition coefficient (Wildman–Crippen LogP) is 2.70. The SMILES string of the molecule is Cc1ccc(N)c(C)c1S(=O)(=O)N1CCCC(C)CC1. The number of sulfonamides is 1. The van der Waals surface area contributed by atoms with Crippen LogP contribution in [0, 0.1) is 19.8 Å². The lowest BCUT2D eigenvalue weighted by Crippen LogP contribution is -2.33. The third-order valence-corrected chi connectivity index (χ3v) is 6.41. The number of anilines is 1. The summed E-state index contributed by atoms with van der Waals surface area (Å²) in [5, 5.41) is 0. The molecule has 1 fully saturated rings. The third-order valence-electron chi connectivity index (χ3n) is 4.22. The molecule has 0 bridgehead atoms. The van der Waals surface area contributed by atoms with Gasteiger partial charge >= 0.3 is 0 Å². The lowest BCUT2D eigenvalue weighted by atomic mass is 10.0. The summed E-state index contributed by atoms with van der Waals surface area (Å²) in [6.45, 7) is 7.03. The Balaban J connectivity index is 2.43. The van der Waals surface area contributed by atoms with Crippen LogP contribution < -0.4 is 5.73 Å². The highest BCUT2D eigenvalue weighted by molar-refractivity contribution is 7.89. The molecule has 1 aromatic carbocycles. The molecule has 2 N–H and O–H groups in total. The molecule has 1 aromatic rings. The molecule has 1 heterocycles. The molecule has 2 rings (SSSR count). The molecule has 1 saturated heterocycles. The van der Waals surface area contributed by atoms with Gasteiger partial charge in [-0.1, -0.05) is 13.0 Å². The van der Waals surface area contributed by atoms with Crippen molar-refractivity contribution in [1.82, 2.24) is 4.31 Å². The van der Waals surface area contributed by atoms with Gasteiger partial charge in [0.1, 0.15) is 0 Å². The average Bonchev–Trinajstić information content (AvgIpc) is 2.59. The first-order chi connectivity index (χ1) is 9.34. The predicted molar refractivity (Wildman–Crippen MR) is 82.1 cm³/mol. The van der Waals surface area contributed by atoms with Crippen LogP contribution in [0.2, 0.25) is 0 Å². The molecule has 1 unspecified atom stereocenters. The zero-order valence-corrected chi connectivity index (χ0v) is 13.3. The lowest BCUT2D eigenvalue weighted by molar-refractivity contribution is 0.416. The minimum Gasteiger partial charge on any atom is -0.398 e. The smallest absolute Gasteiger partial charge is 0.243 e. The topological polar surface area (TPSA) is 63.4 Å². The minimum atomic E-state index is -3.44. The Labute approximate surface area is 122 Å². The standard InChI is InChI=1S/C15H24N2O2S/c1-11-5-4-9-17(10-8-11)20(18,19)15-12(2)6-7-14(16)13(15)3/h6-7,11H,4-5,8-10,16H2,1-3H3. The number of hydrogen-bond donors (Lipinski definition) is 1. The largest absolute Gasteiger partial charge is 0.398 e. The molecule has 1 aliphatic heterocycles. The second-order valence-corrected chi connectivity index (χ2v) is 7.74. The van der Waals surface area contributed by atoms with E-state index in [-0.39, 0.29) is 0 Å². The third kappa shape index (κ3) is 2.83. The van der Waals surface area contributed by atoms with Crippen LogP contribution in [0.1, 0.15) is 37.3 Å². The fourth-order valence-corrected chi connectivity index (χ4v) is 4.80. The summed E-state index contributed by atoms with van der Waals surface area (Å²) in [6, 6.07) is 3.56. The molecule has 1 aliphatic rings. The van der Waals surface area contributed by atoms with Crippen molar-refractivity contribution in [3.63, 3.8) is 0 Å². The Kier molecular flexibility index (Phi) is 4.39. The van der Waals surface area contributed by atoms with Gasteiger partial charge in [0.15, 0.2) is 0 Å². The first-order valence-corrected chi connectivity index (χ1v) is 8.64. The van der Waals surface area contributed by atoms with Gasteiger partial charge in [0, 0.05) is 18.8 Å². The zero-order chi connectivity index (χ0) is 14.9. The molecule has 1 atom stereocenters. The first-order valence-electron chi connectivity index (χ1n) is 7.20. The van der Waals surface area contributed by atoms with Crippen molar-refractivity contribution in [2.24, 2.45) is 5.92 Å². The Morgan fingerprint density at radius 3 is 2.60 bits per heavy atom. The van der Waals surface area contributed by atoms with Crippen LogP contribution >= 0.6 is 0 Å². The van der Waals surface area contributed by atoms with E-state index >= 15 is 0 Å². The quantitative estimate of drug-likeness (QED) is 0.853. The maximum atomic E-state index is 12.9. The van der Waals surface area contributed by atoms with E-state index in [0.29, 0.717) is 35.2 Å². The summed E-state index contributed by atoms with van der Waals surface area (Å²) in [6.07, 6.45) is 2.96. The second kappa shape index (κ2) is 5.74. The van der Waals surface area contributed by atoms with Gasteiger partial charge in [-0.2, -0.15) is 4.31 Å². The van der Waals surface area contributed by atoms with Gasteiger partial charge < -0.3 is 5.73 Å². The normalized spacial score (nSPS) is 21.6. The molecule has 0 aromatic heterocycles. The molecule has 0 amide bonds. The van der Waals surface area contributed by atoms with E-state index in [9.17, 15) is 8.42 Å². The minimum absolute atomic E-state index is 0.395. The Bertz CT molecular complexity index is 596. The summed E-state index contributed by atoms with van der Waals surface area (Å²) in [4.78, 5) is 0.395. The molecule has 0 saturated carbocycles. The highest BCUT2D eigenvalue weighted by Gasteiger charge is 2.29. The number of hydrogen-bond acceptors (Lipinski definition) is 3. The van der Waals surface area contributed by atoms with Crippen molar-refractivity contribution < 1.29 is 8.42 Å². The Morgan fingerprint density at radius 1 is 1.20 bits per heavy atom. The molecule has 20 heavy (non-hydrogen) atoms. The molecule has 0 radical (unpaired) electrons. The number of nitrogen functional groups attached to an aromatic ring is 1. The molecular formula is C15H24N2O2S. The number of rotatable bonds is 2. The Morgan fingerprint density at radius 2 is 1.90 bits per heavy atom. The molecule has 112 valence electrons. The van der Waals surface area contributed by atoms with Crippen LogP contribution in [-0.2, 0) is 10.0 Å². The summed E-state index contributed by atoms with van der Waals surface area (Å²) in [5.74, 6) is 0.596. The first kappa shape index (κ1) is 15.3. The van der Waals surface area contributed by atoms with Crippen LogP contribution in [-0.4, -0.2) is 25.8 Å². The monoisotopic (exact) mass is 296 g/mol.